The average molecular weight is 225 g/mol. The summed E-state index contributed by atoms with van der Waals surface area (Å²) < 4.78 is 0. The van der Waals surface area contributed by atoms with Crippen molar-refractivity contribution in [2.75, 3.05) is 0 Å². The molecule has 0 rings (SSSR count). The van der Waals surface area contributed by atoms with Gasteiger partial charge in [-0.2, -0.15) is 0 Å². The molecule has 0 spiro atoms. The summed E-state index contributed by atoms with van der Waals surface area (Å²) in [7, 11) is 0. The van der Waals surface area contributed by atoms with E-state index in [1.54, 1.807) is 0 Å². The standard InChI is InChI=1S/C15H31N/c1-9-10-11-13(16-15(6,7)8)12(2)14(3,4)5/h13,16H,2,9-11H2,1,3-8H3. The molecule has 0 heterocycles. The topological polar surface area (TPSA) is 12.0 Å². The second-order valence-electron chi connectivity index (χ2n) is 6.86. The highest BCUT2D eigenvalue weighted by Crippen LogP contribution is 2.29. The molecule has 1 nitrogen and oxygen atoms in total. The van der Waals surface area contributed by atoms with E-state index in [1.165, 1.54) is 24.8 Å². The molecule has 16 heavy (non-hydrogen) atoms. The number of rotatable bonds is 5. The highest BCUT2D eigenvalue weighted by atomic mass is 15.0. The summed E-state index contributed by atoms with van der Waals surface area (Å²) in [5.74, 6) is 0. The zero-order valence-electron chi connectivity index (χ0n) is 12.4. The van der Waals surface area contributed by atoms with Crippen LogP contribution in [0.1, 0.15) is 67.7 Å². The highest BCUT2D eigenvalue weighted by molar-refractivity contribution is 5.14. The van der Waals surface area contributed by atoms with E-state index in [0.29, 0.717) is 6.04 Å². The van der Waals surface area contributed by atoms with E-state index < -0.39 is 0 Å². The fourth-order valence-electron chi connectivity index (χ4n) is 1.79. The summed E-state index contributed by atoms with van der Waals surface area (Å²) in [6.07, 6.45) is 3.71. The molecule has 0 saturated carbocycles. The molecule has 1 heteroatoms. The van der Waals surface area contributed by atoms with Crippen molar-refractivity contribution in [3.63, 3.8) is 0 Å². The molecule has 0 aliphatic heterocycles. The SMILES string of the molecule is C=C(C(CCCC)NC(C)(C)C)C(C)(C)C. The summed E-state index contributed by atoms with van der Waals surface area (Å²) in [6.45, 7) is 20.0. The van der Waals surface area contributed by atoms with Crippen LogP contribution >= 0.6 is 0 Å². The molecular formula is C15H31N. The molecule has 0 fully saturated rings. The van der Waals surface area contributed by atoms with Crippen LogP contribution in [0.4, 0.5) is 0 Å². The highest BCUT2D eigenvalue weighted by Gasteiger charge is 2.26. The number of hydrogen-bond acceptors (Lipinski definition) is 1. The molecule has 0 aromatic heterocycles. The van der Waals surface area contributed by atoms with Gasteiger partial charge in [0.1, 0.15) is 0 Å². The zero-order chi connectivity index (χ0) is 13.0. The van der Waals surface area contributed by atoms with Crippen molar-refractivity contribution >= 4 is 0 Å². The maximum absolute atomic E-state index is 4.30. The van der Waals surface area contributed by atoms with E-state index in [1.807, 2.05) is 0 Å². The Kier molecular flexibility index (Phi) is 5.75. The molecule has 1 unspecified atom stereocenters. The van der Waals surface area contributed by atoms with Crippen LogP contribution < -0.4 is 5.32 Å². The van der Waals surface area contributed by atoms with Crippen molar-refractivity contribution in [3.8, 4) is 0 Å². The van der Waals surface area contributed by atoms with E-state index in [4.69, 9.17) is 0 Å². The molecule has 0 radical (unpaired) electrons. The molecule has 0 aromatic rings. The lowest BCUT2D eigenvalue weighted by atomic mass is 9.81. The molecule has 0 amide bonds. The molecule has 1 atom stereocenters. The fraction of sp³-hybridized carbons (Fsp3) is 0.867. The normalized spacial score (nSPS) is 14.9. The lowest BCUT2D eigenvalue weighted by Crippen LogP contribution is -2.46. The Morgan fingerprint density at radius 1 is 1.12 bits per heavy atom. The van der Waals surface area contributed by atoms with Gasteiger partial charge < -0.3 is 5.32 Å². The van der Waals surface area contributed by atoms with Crippen molar-refractivity contribution in [3.05, 3.63) is 12.2 Å². The van der Waals surface area contributed by atoms with Gasteiger partial charge in [-0.1, -0.05) is 52.7 Å². The van der Waals surface area contributed by atoms with E-state index in [-0.39, 0.29) is 11.0 Å². The minimum Gasteiger partial charge on any atom is -0.306 e. The first-order chi connectivity index (χ1) is 7.08. The number of unbranched alkanes of at least 4 members (excludes halogenated alkanes) is 1. The zero-order valence-corrected chi connectivity index (χ0v) is 12.4. The van der Waals surface area contributed by atoms with E-state index >= 15 is 0 Å². The van der Waals surface area contributed by atoms with Gasteiger partial charge >= 0.3 is 0 Å². The summed E-state index contributed by atoms with van der Waals surface area (Å²) in [4.78, 5) is 0. The molecule has 1 N–H and O–H groups in total. The summed E-state index contributed by atoms with van der Waals surface area (Å²) in [5.41, 5.74) is 1.68. The van der Waals surface area contributed by atoms with Gasteiger partial charge in [-0.3, -0.25) is 0 Å². The molecular weight excluding hydrogens is 194 g/mol. The van der Waals surface area contributed by atoms with Crippen LogP contribution in [0.15, 0.2) is 12.2 Å². The Hall–Kier alpha value is -0.300. The van der Waals surface area contributed by atoms with Crippen LogP contribution in [0.25, 0.3) is 0 Å². The third kappa shape index (κ3) is 6.32. The predicted octanol–water partition coefficient (Wildman–Crippen LogP) is 4.54. The third-order valence-corrected chi connectivity index (χ3v) is 2.84. The van der Waals surface area contributed by atoms with Crippen molar-refractivity contribution in [1.29, 1.82) is 0 Å². The predicted molar refractivity (Wildman–Crippen MR) is 74.8 cm³/mol. The lowest BCUT2D eigenvalue weighted by molar-refractivity contribution is 0.329. The first kappa shape index (κ1) is 15.7. The smallest absolute Gasteiger partial charge is 0.0286 e. The van der Waals surface area contributed by atoms with Gasteiger partial charge in [0.2, 0.25) is 0 Å². The van der Waals surface area contributed by atoms with Crippen LogP contribution in [0.5, 0.6) is 0 Å². The van der Waals surface area contributed by atoms with Gasteiger partial charge in [0.15, 0.2) is 0 Å². The molecule has 0 aliphatic rings. The van der Waals surface area contributed by atoms with Crippen LogP contribution in [0.2, 0.25) is 0 Å². The summed E-state index contributed by atoms with van der Waals surface area (Å²) >= 11 is 0. The Morgan fingerprint density at radius 2 is 1.62 bits per heavy atom. The summed E-state index contributed by atoms with van der Waals surface area (Å²) in [6, 6.07) is 0.444. The Morgan fingerprint density at radius 3 is 1.94 bits per heavy atom. The molecule has 0 aliphatic carbocycles. The van der Waals surface area contributed by atoms with E-state index in [9.17, 15) is 0 Å². The van der Waals surface area contributed by atoms with Crippen molar-refractivity contribution in [2.45, 2.75) is 79.3 Å². The Balaban J connectivity index is 4.61. The van der Waals surface area contributed by atoms with Gasteiger partial charge in [-0.05, 0) is 32.6 Å². The van der Waals surface area contributed by atoms with Crippen molar-refractivity contribution < 1.29 is 0 Å². The summed E-state index contributed by atoms with van der Waals surface area (Å²) in [5, 5.41) is 3.70. The van der Waals surface area contributed by atoms with Gasteiger partial charge in [-0.15, -0.1) is 0 Å². The molecule has 96 valence electrons. The first-order valence-corrected chi connectivity index (χ1v) is 6.55. The van der Waals surface area contributed by atoms with E-state index in [0.717, 1.165) is 0 Å². The van der Waals surface area contributed by atoms with Crippen LogP contribution in [-0.4, -0.2) is 11.6 Å². The number of nitrogens with one attached hydrogen (secondary N) is 1. The maximum atomic E-state index is 4.30. The van der Waals surface area contributed by atoms with Gasteiger partial charge in [0.05, 0.1) is 0 Å². The molecule has 0 bridgehead atoms. The van der Waals surface area contributed by atoms with Crippen LogP contribution in [0.3, 0.4) is 0 Å². The average Bonchev–Trinajstić information content (AvgIpc) is 2.07. The molecule has 0 saturated heterocycles. The fourth-order valence-corrected chi connectivity index (χ4v) is 1.79. The van der Waals surface area contributed by atoms with Crippen LogP contribution in [0, 0.1) is 5.41 Å². The largest absolute Gasteiger partial charge is 0.306 e. The molecule has 0 aromatic carbocycles. The van der Waals surface area contributed by atoms with Crippen LogP contribution in [-0.2, 0) is 0 Å². The Labute approximate surface area is 103 Å². The van der Waals surface area contributed by atoms with Crippen molar-refractivity contribution in [2.24, 2.45) is 5.41 Å². The van der Waals surface area contributed by atoms with Gasteiger partial charge in [-0.25, -0.2) is 0 Å². The monoisotopic (exact) mass is 225 g/mol. The quantitative estimate of drug-likeness (QED) is 0.678. The van der Waals surface area contributed by atoms with Gasteiger partial charge in [0.25, 0.3) is 0 Å². The minimum absolute atomic E-state index is 0.159. The lowest BCUT2D eigenvalue weighted by Gasteiger charge is -2.35. The van der Waals surface area contributed by atoms with Gasteiger partial charge in [0, 0.05) is 11.6 Å². The van der Waals surface area contributed by atoms with Crippen molar-refractivity contribution in [1.82, 2.24) is 5.32 Å². The Bertz CT molecular complexity index is 215. The van der Waals surface area contributed by atoms with E-state index in [2.05, 4.69) is 60.4 Å². The second-order valence-corrected chi connectivity index (χ2v) is 6.86. The first-order valence-electron chi connectivity index (χ1n) is 6.55. The number of hydrogen-bond donors (Lipinski definition) is 1. The maximum Gasteiger partial charge on any atom is 0.0286 e. The second kappa shape index (κ2) is 5.86. The third-order valence-electron chi connectivity index (χ3n) is 2.84. The minimum atomic E-state index is 0.159.